The van der Waals surface area contributed by atoms with Crippen molar-refractivity contribution in [3.05, 3.63) is 11.6 Å². The quantitative estimate of drug-likeness (QED) is 0.512. The molecule has 21 heavy (non-hydrogen) atoms. The number of epoxide rings is 1. The summed E-state index contributed by atoms with van der Waals surface area (Å²) in [5.74, 6) is -1.31. The van der Waals surface area contributed by atoms with E-state index < -0.39 is 23.8 Å². The highest BCUT2D eigenvalue weighted by Crippen LogP contribution is 2.49. The molecule has 0 radical (unpaired) electrons. The van der Waals surface area contributed by atoms with E-state index in [-0.39, 0.29) is 35.6 Å². The number of carbonyl (C=O) groups excluding carboxylic acids is 2. The molecular weight excluding hydrogens is 276 g/mol. The van der Waals surface area contributed by atoms with E-state index in [1.54, 1.807) is 13.0 Å². The summed E-state index contributed by atoms with van der Waals surface area (Å²) in [5.41, 5.74) is -0.112. The number of carbonyl (C=O) groups is 2. The standard InChI is InChI=1S/C15H18O6/c1-6-12-9-3-7(14(18)19-9)8(16)4-11-15(2,21-11)5-10(12)20-13(6)17/h3,6,8-12,16H,4-5H2,1-2H3/t6?,8?,9?,10?,11?,12?,15-/m0/s1. The second-order valence-electron chi connectivity index (χ2n) is 6.71. The minimum Gasteiger partial charge on any atom is -0.462 e. The number of aliphatic hydroxyl groups is 1. The summed E-state index contributed by atoms with van der Waals surface area (Å²) in [7, 11) is 0. The third kappa shape index (κ3) is 1.85. The Morgan fingerprint density at radius 1 is 1.33 bits per heavy atom. The lowest BCUT2D eigenvalue weighted by Crippen LogP contribution is -2.35. The Morgan fingerprint density at radius 3 is 2.86 bits per heavy atom. The lowest BCUT2D eigenvalue weighted by Gasteiger charge is -2.25. The van der Waals surface area contributed by atoms with Crippen molar-refractivity contribution < 1.29 is 28.9 Å². The Bertz CT molecular complexity index is 554. The van der Waals surface area contributed by atoms with Gasteiger partial charge in [-0.25, -0.2) is 4.79 Å². The molecule has 6 heteroatoms. The Balaban J connectivity index is 1.74. The normalized spacial score (nSPS) is 51.5. The minimum atomic E-state index is -0.876. The van der Waals surface area contributed by atoms with Crippen LogP contribution in [-0.4, -0.2) is 47.1 Å². The predicted molar refractivity (Wildman–Crippen MR) is 69.0 cm³/mol. The summed E-state index contributed by atoms with van der Waals surface area (Å²) in [5, 5.41) is 10.2. The summed E-state index contributed by atoms with van der Waals surface area (Å²) in [4.78, 5) is 23.9. The van der Waals surface area contributed by atoms with Crippen molar-refractivity contribution in [1.82, 2.24) is 0 Å². The van der Waals surface area contributed by atoms with Gasteiger partial charge in [0.05, 0.1) is 29.3 Å². The van der Waals surface area contributed by atoms with Gasteiger partial charge in [0.15, 0.2) is 0 Å². The van der Waals surface area contributed by atoms with Crippen LogP contribution in [0.15, 0.2) is 11.6 Å². The number of fused-ring (bicyclic) bond motifs is 4. The first-order valence-corrected chi connectivity index (χ1v) is 7.38. The monoisotopic (exact) mass is 294 g/mol. The van der Waals surface area contributed by atoms with E-state index in [1.807, 2.05) is 6.92 Å². The van der Waals surface area contributed by atoms with Crippen molar-refractivity contribution in [2.75, 3.05) is 0 Å². The molecule has 4 aliphatic rings. The van der Waals surface area contributed by atoms with Crippen molar-refractivity contribution in [3.63, 3.8) is 0 Å². The molecule has 2 saturated heterocycles. The van der Waals surface area contributed by atoms with Crippen molar-refractivity contribution in [1.29, 1.82) is 0 Å². The largest absolute Gasteiger partial charge is 0.462 e. The predicted octanol–water partition coefficient (Wildman–Crippen LogP) is 0.328. The molecule has 0 amide bonds. The van der Waals surface area contributed by atoms with Gasteiger partial charge in [0.2, 0.25) is 0 Å². The van der Waals surface area contributed by atoms with E-state index in [0.29, 0.717) is 12.8 Å². The highest BCUT2D eigenvalue weighted by molar-refractivity contribution is 5.92. The van der Waals surface area contributed by atoms with Crippen molar-refractivity contribution in [3.8, 4) is 0 Å². The molecule has 6 unspecified atom stereocenters. The summed E-state index contributed by atoms with van der Waals surface area (Å²) in [6, 6.07) is 0. The van der Waals surface area contributed by atoms with E-state index in [2.05, 4.69) is 0 Å². The SMILES string of the molecule is CC1C(=O)OC2C[C@]3(C)OC3CC(O)C3=CC(OC3=O)C21. The van der Waals surface area contributed by atoms with Gasteiger partial charge in [-0.3, -0.25) is 4.79 Å². The molecule has 0 aromatic rings. The molecule has 7 atom stereocenters. The van der Waals surface area contributed by atoms with Gasteiger partial charge in [-0.1, -0.05) is 6.92 Å². The first-order valence-electron chi connectivity index (χ1n) is 7.38. The van der Waals surface area contributed by atoms with Crippen LogP contribution in [0.3, 0.4) is 0 Å². The van der Waals surface area contributed by atoms with Crippen molar-refractivity contribution in [2.24, 2.45) is 11.8 Å². The highest BCUT2D eigenvalue weighted by atomic mass is 16.6. The number of hydrogen-bond acceptors (Lipinski definition) is 6. The molecule has 0 aromatic heterocycles. The fraction of sp³-hybridized carbons (Fsp3) is 0.733. The lowest BCUT2D eigenvalue weighted by atomic mass is 9.81. The summed E-state index contributed by atoms with van der Waals surface area (Å²) < 4.78 is 16.6. The molecule has 2 fully saturated rings. The maximum absolute atomic E-state index is 12.0. The maximum atomic E-state index is 12.0. The van der Waals surface area contributed by atoms with Crippen LogP contribution >= 0.6 is 0 Å². The molecule has 114 valence electrons. The molecule has 0 saturated carbocycles. The molecule has 3 aliphatic heterocycles. The third-order valence-electron chi connectivity index (χ3n) is 5.29. The highest BCUT2D eigenvalue weighted by Gasteiger charge is 2.60. The number of aliphatic hydroxyl groups excluding tert-OH is 1. The smallest absolute Gasteiger partial charge is 0.337 e. The summed E-state index contributed by atoms with van der Waals surface area (Å²) in [6.45, 7) is 3.75. The number of hydrogen-bond donors (Lipinski definition) is 1. The third-order valence-corrected chi connectivity index (χ3v) is 5.29. The van der Waals surface area contributed by atoms with E-state index in [0.717, 1.165) is 0 Å². The van der Waals surface area contributed by atoms with Gasteiger partial charge in [0.1, 0.15) is 12.2 Å². The van der Waals surface area contributed by atoms with Crippen molar-refractivity contribution >= 4 is 11.9 Å². The second kappa shape index (κ2) is 4.08. The Kier molecular flexibility index (Phi) is 2.58. The van der Waals surface area contributed by atoms with Gasteiger partial charge >= 0.3 is 11.9 Å². The van der Waals surface area contributed by atoms with Gasteiger partial charge in [-0.2, -0.15) is 0 Å². The average Bonchev–Trinajstić information content (AvgIpc) is 2.73. The zero-order chi connectivity index (χ0) is 14.9. The first kappa shape index (κ1) is 13.3. The van der Waals surface area contributed by atoms with Crippen LogP contribution in [0.5, 0.6) is 0 Å². The van der Waals surface area contributed by atoms with Crippen LogP contribution in [0.25, 0.3) is 0 Å². The molecule has 1 N–H and O–H groups in total. The zero-order valence-corrected chi connectivity index (χ0v) is 11.9. The van der Waals surface area contributed by atoms with Gasteiger partial charge in [0, 0.05) is 18.8 Å². The molecular formula is C15H18O6. The minimum absolute atomic E-state index is 0.117. The zero-order valence-electron chi connectivity index (χ0n) is 11.9. The van der Waals surface area contributed by atoms with Crippen LogP contribution in [0.1, 0.15) is 26.7 Å². The van der Waals surface area contributed by atoms with Crippen LogP contribution in [0.4, 0.5) is 0 Å². The van der Waals surface area contributed by atoms with E-state index in [9.17, 15) is 14.7 Å². The lowest BCUT2D eigenvalue weighted by molar-refractivity contribution is -0.144. The van der Waals surface area contributed by atoms with Crippen LogP contribution in [-0.2, 0) is 23.8 Å². The van der Waals surface area contributed by atoms with E-state index in [4.69, 9.17) is 14.2 Å². The average molecular weight is 294 g/mol. The van der Waals surface area contributed by atoms with Crippen LogP contribution in [0.2, 0.25) is 0 Å². The molecule has 0 spiro atoms. The van der Waals surface area contributed by atoms with Gasteiger partial charge < -0.3 is 19.3 Å². The number of ether oxygens (including phenoxy) is 3. The topological polar surface area (TPSA) is 85.4 Å². The van der Waals surface area contributed by atoms with E-state index >= 15 is 0 Å². The molecule has 4 rings (SSSR count). The molecule has 0 aromatic carbocycles. The number of esters is 2. The fourth-order valence-corrected chi connectivity index (χ4v) is 3.89. The summed E-state index contributed by atoms with van der Waals surface area (Å²) >= 11 is 0. The molecule has 1 aliphatic carbocycles. The van der Waals surface area contributed by atoms with Crippen molar-refractivity contribution in [2.45, 2.75) is 56.7 Å². The van der Waals surface area contributed by atoms with Crippen LogP contribution < -0.4 is 0 Å². The fourth-order valence-electron chi connectivity index (χ4n) is 3.89. The maximum Gasteiger partial charge on any atom is 0.337 e. The Morgan fingerprint density at radius 2 is 2.10 bits per heavy atom. The van der Waals surface area contributed by atoms with Gasteiger partial charge in [-0.05, 0) is 13.0 Å². The number of rotatable bonds is 0. The first-order chi connectivity index (χ1) is 9.89. The summed E-state index contributed by atoms with van der Waals surface area (Å²) in [6.07, 6.45) is 0.785. The van der Waals surface area contributed by atoms with Gasteiger partial charge in [-0.15, -0.1) is 0 Å². The molecule has 3 heterocycles. The van der Waals surface area contributed by atoms with E-state index in [1.165, 1.54) is 0 Å². The Hall–Kier alpha value is -1.40. The van der Waals surface area contributed by atoms with Crippen LogP contribution in [0, 0.1) is 11.8 Å². The molecule has 2 bridgehead atoms. The molecule has 6 nitrogen and oxygen atoms in total. The Labute approximate surface area is 122 Å². The van der Waals surface area contributed by atoms with Gasteiger partial charge in [0.25, 0.3) is 0 Å². The second-order valence-corrected chi connectivity index (χ2v) is 6.71.